The average Bonchev–Trinajstić information content (AvgIpc) is 2.79. The van der Waals surface area contributed by atoms with Crippen LogP contribution in [-0.4, -0.2) is 49.3 Å². The molecule has 2 unspecified atom stereocenters. The van der Waals surface area contributed by atoms with Gasteiger partial charge in [-0.1, -0.05) is 32.0 Å². The highest BCUT2D eigenvalue weighted by Gasteiger charge is 2.46. The first kappa shape index (κ1) is 19.6. The van der Waals surface area contributed by atoms with Crippen LogP contribution in [0.5, 0.6) is 0 Å². The molecule has 146 valence electrons. The average molecular weight is 390 g/mol. The largest absolute Gasteiger partial charge is 0.416 e. The van der Waals surface area contributed by atoms with Gasteiger partial charge in [0.1, 0.15) is 0 Å². The molecule has 2 heterocycles. The molecular formula is C18H25F3N2O2S. The Balaban J connectivity index is 1.81. The molecule has 1 aromatic carbocycles. The van der Waals surface area contributed by atoms with E-state index in [2.05, 4.69) is 18.7 Å². The van der Waals surface area contributed by atoms with Crippen LogP contribution in [0.3, 0.4) is 0 Å². The summed E-state index contributed by atoms with van der Waals surface area (Å²) in [5.74, 6) is -0.101. The third-order valence-corrected chi connectivity index (χ3v) is 7.01. The Kier molecular flexibility index (Phi) is 5.38. The first-order valence-corrected chi connectivity index (χ1v) is 10.6. The van der Waals surface area contributed by atoms with Crippen molar-refractivity contribution < 1.29 is 21.6 Å². The molecule has 0 spiro atoms. The lowest BCUT2D eigenvalue weighted by Gasteiger charge is -2.40. The zero-order valence-corrected chi connectivity index (χ0v) is 15.9. The van der Waals surface area contributed by atoms with Crippen molar-refractivity contribution in [3.63, 3.8) is 0 Å². The van der Waals surface area contributed by atoms with Crippen molar-refractivity contribution >= 4 is 10.0 Å². The fraction of sp³-hybridized carbons (Fsp3) is 0.667. The second kappa shape index (κ2) is 7.13. The second-order valence-corrected chi connectivity index (χ2v) is 9.61. The van der Waals surface area contributed by atoms with Gasteiger partial charge < -0.3 is 0 Å². The molecule has 2 saturated heterocycles. The van der Waals surface area contributed by atoms with E-state index in [1.165, 1.54) is 22.5 Å². The van der Waals surface area contributed by atoms with Crippen molar-refractivity contribution in [2.24, 2.45) is 5.92 Å². The van der Waals surface area contributed by atoms with Crippen LogP contribution in [0.2, 0.25) is 0 Å². The Hall–Kier alpha value is -1.12. The fourth-order valence-corrected chi connectivity index (χ4v) is 6.31. The highest BCUT2D eigenvalue weighted by atomic mass is 32.2. The standard InChI is InChI=1S/C18H25F3N2O2S/c1-13(2)9-22-10-15-7-8-16(11-22)23(15)26(24,25)12-14-5-3-4-6-17(14)18(19,20)21/h3-6,13,15-16H,7-12H2,1-2H3. The minimum atomic E-state index is -4.55. The molecule has 2 aliphatic rings. The summed E-state index contributed by atoms with van der Waals surface area (Å²) in [7, 11) is -3.80. The quantitative estimate of drug-likeness (QED) is 0.774. The van der Waals surface area contributed by atoms with Gasteiger partial charge in [-0.15, -0.1) is 0 Å². The molecule has 0 aliphatic carbocycles. The van der Waals surface area contributed by atoms with Crippen LogP contribution in [0.25, 0.3) is 0 Å². The number of nitrogens with zero attached hydrogens (tertiary/aromatic N) is 2. The van der Waals surface area contributed by atoms with E-state index in [1.54, 1.807) is 0 Å². The van der Waals surface area contributed by atoms with Crippen molar-refractivity contribution in [1.29, 1.82) is 0 Å². The summed E-state index contributed by atoms with van der Waals surface area (Å²) in [6.45, 7) is 6.49. The van der Waals surface area contributed by atoms with Crippen LogP contribution in [0.4, 0.5) is 13.2 Å². The fourth-order valence-electron chi connectivity index (χ4n) is 4.27. The van der Waals surface area contributed by atoms with Gasteiger partial charge >= 0.3 is 6.18 Å². The van der Waals surface area contributed by atoms with E-state index in [4.69, 9.17) is 0 Å². The number of alkyl halides is 3. The molecule has 2 bridgehead atoms. The Morgan fingerprint density at radius 3 is 2.23 bits per heavy atom. The number of sulfonamides is 1. The van der Waals surface area contributed by atoms with Gasteiger partial charge in [-0.3, -0.25) is 4.90 Å². The Bertz CT molecular complexity index is 735. The zero-order chi connectivity index (χ0) is 19.1. The van der Waals surface area contributed by atoms with Gasteiger partial charge in [0.05, 0.1) is 11.3 Å². The molecule has 4 nitrogen and oxygen atoms in total. The lowest BCUT2D eigenvalue weighted by Crippen LogP contribution is -2.56. The van der Waals surface area contributed by atoms with Crippen LogP contribution in [0, 0.1) is 5.92 Å². The maximum absolute atomic E-state index is 13.2. The minimum absolute atomic E-state index is 0.129. The molecule has 26 heavy (non-hydrogen) atoms. The third kappa shape index (κ3) is 4.07. The molecular weight excluding hydrogens is 365 g/mol. The van der Waals surface area contributed by atoms with Crippen LogP contribution in [0.15, 0.2) is 24.3 Å². The number of rotatable bonds is 5. The topological polar surface area (TPSA) is 40.6 Å². The summed E-state index contributed by atoms with van der Waals surface area (Å²) in [6.07, 6.45) is -3.00. The van der Waals surface area contributed by atoms with Crippen molar-refractivity contribution in [2.45, 2.75) is 50.7 Å². The highest BCUT2D eigenvalue weighted by Crippen LogP contribution is 2.37. The van der Waals surface area contributed by atoms with Crippen LogP contribution < -0.4 is 0 Å². The summed E-state index contributed by atoms with van der Waals surface area (Å²) in [6, 6.07) is 4.69. The predicted octanol–water partition coefficient (Wildman–Crippen LogP) is 3.34. The molecule has 8 heteroatoms. The zero-order valence-electron chi connectivity index (χ0n) is 15.0. The van der Waals surface area contributed by atoms with E-state index < -0.39 is 27.5 Å². The lowest BCUT2D eigenvalue weighted by molar-refractivity contribution is -0.138. The summed E-state index contributed by atoms with van der Waals surface area (Å²) in [5, 5.41) is 0. The van der Waals surface area contributed by atoms with Gasteiger partial charge in [0.2, 0.25) is 10.0 Å². The van der Waals surface area contributed by atoms with Crippen molar-refractivity contribution in [2.75, 3.05) is 19.6 Å². The first-order chi connectivity index (χ1) is 12.1. The van der Waals surface area contributed by atoms with Gasteiger partial charge in [-0.05, 0) is 30.4 Å². The smallest absolute Gasteiger partial charge is 0.300 e. The van der Waals surface area contributed by atoms with Gasteiger partial charge in [0, 0.05) is 31.7 Å². The number of piperazine rings is 1. The lowest BCUT2D eigenvalue weighted by atomic mass is 10.1. The van der Waals surface area contributed by atoms with Crippen LogP contribution in [-0.2, 0) is 22.0 Å². The molecule has 0 saturated carbocycles. The van der Waals surface area contributed by atoms with E-state index in [0.29, 0.717) is 19.0 Å². The molecule has 0 aromatic heterocycles. The normalized spacial score (nSPS) is 25.2. The van der Waals surface area contributed by atoms with E-state index >= 15 is 0 Å². The molecule has 1 aromatic rings. The summed E-state index contributed by atoms with van der Waals surface area (Å²) in [5.41, 5.74) is -1.04. The number of hydrogen-bond acceptors (Lipinski definition) is 3. The molecule has 2 aliphatic heterocycles. The molecule has 0 N–H and O–H groups in total. The highest BCUT2D eigenvalue weighted by molar-refractivity contribution is 7.88. The molecule has 2 fully saturated rings. The summed E-state index contributed by atoms with van der Waals surface area (Å²) in [4.78, 5) is 2.28. The maximum Gasteiger partial charge on any atom is 0.416 e. The van der Waals surface area contributed by atoms with E-state index in [0.717, 1.165) is 25.5 Å². The minimum Gasteiger partial charge on any atom is -0.300 e. The molecule has 2 atom stereocenters. The van der Waals surface area contributed by atoms with E-state index in [1.807, 2.05) is 0 Å². The monoisotopic (exact) mass is 390 g/mol. The second-order valence-electron chi connectivity index (χ2n) is 7.74. The SMILES string of the molecule is CC(C)CN1CC2CCC(C1)N2S(=O)(=O)Cc1ccccc1C(F)(F)F. The number of benzene rings is 1. The summed E-state index contributed by atoms with van der Waals surface area (Å²) >= 11 is 0. The maximum atomic E-state index is 13.2. The number of likely N-dealkylation sites (tertiary alicyclic amines) is 1. The van der Waals surface area contributed by atoms with Crippen LogP contribution in [0.1, 0.15) is 37.8 Å². The third-order valence-electron chi connectivity index (χ3n) is 5.10. The van der Waals surface area contributed by atoms with Gasteiger partial charge in [0.15, 0.2) is 0 Å². The van der Waals surface area contributed by atoms with Crippen LogP contribution >= 0.6 is 0 Å². The summed E-state index contributed by atoms with van der Waals surface area (Å²) < 4.78 is 67.0. The predicted molar refractivity (Wildman–Crippen MR) is 94.0 cm³/mol. The van der Waals surface area contributed by atoms with E-state index in [9.17, 15) is 21.6 Å². The van der Waals surface area contributed by atoms with Crippen molar-refractivity contribution in [3.8, 4) is 0 Å². The van der Waals surface area contributed by atoms with E-state index in [-0.39, 0.29) is 17.6 Å². The Morgan fingerprint density at radius 2 is 1.69 bits per heavy atom. The van der Waals surface area contributed by atoms with Gasteiger partial charge in [-0.25, -0.2) is 8.42 Å². The van der Waals surface area contributed by atoms with Crippen molar-refractivity contribution in [3.05, 3.63) is 35.4 Å². The first-order valence-electron chi connectivity index (χ1n) is 8.96. The Labute approximate surface area is 153 Å². The molecule has 0 radical (unpaired) electrons. The molecule has 0 amide bonds. The number of halogens is 3. The Morgan fingerprint density at radius 1 is 1.12 bits per heavy atom. The number of hydrogen-bond donors (Lipinski definition) is 0. The van der Waals surface area contributed by atoms with Crippen molar-refractivity contribution in [1.82, 2.24) is 9.21 Å². The van der Waals surface area contributed by atoms with Gasteiger partial charge in [-0.2, -0.15) is 17.5 Å². The number of fused-ring (bicyclic) bond motifs is 2. The van der Waals surface area contributed by atoms with Gasteiger partial charge in [0.25, 0.3) is 0 Å². The molecule has 3 rings (SSSR count).